The molecule has 8 fully saturated rings. The number of rotatable bonds is 6. The molecular formula is C27H38O6. The largest absolute Gasteiger partial charge is 0.462 e. The Balaban J connectivity index is 1.10. The van der Waals surface area contributed by atoms with Crippen LogP contribution in [0, 0.1) is 52.8 Å². The molecule has 0 aliphatic heterocycles. The Hall–Kier alpha value is -1.43. The lowest BCUT2D eigenvalue weighted by Gasteiger charge is -2.61. The second kappa shape index (κ2) is 7.53. The van der Waals surface area contributed by atoms with Gasteiger partial charge in [-0.25, -0.2) is 4.79 Å². The Morgan fingerprint density at radius 2 is 1.48 bits per heavy atom. The van der Waals surface area contributed by atoms with Crippen LogP contribution in [0.15, 0.2) is 0 Å². The molecule has 8 bridgehead atoms. The van der Waals surface area contributed by atoms with Crippen molar-refractivity contribution in [2.75, 3.05) is 6.61 Å². The second-order valence-electron chi connectivity index (χ2n) is 12.9. The lowest BCUT2D eigenvalue weighted by Crippen LogP contribution is -2.63. The van der Waals surface area contributed by atoms with E-state index in [0.717, 1.165) is 56.8 Å². The SMILES string of the molecule is CC(C)C1(OC(=O)C(O)COC(=O)C23CC4CC(C2)C(=O)C(C4)C3)C2CC3CC(C2)CC1C3. The summed E-state index contributed by atoms with van der Waals surface area (Å²) in [5.74, 6) is 2.19. The molecule has 6 heteroatoms. The number of carbonyl (C=O) groups is 3. The van der Waals surface area contributed by atoms with E-state index in [-0.39, 0.29) is 30.3 Å². The van der Waals surface area contributed by atoms with Crippen LogP contribution in [-0.2, 0) is 23.9 Å². The van der Waals surface area contributed by atoms with E-state index in [1.165, 1.54) is 6.42 Å². The highest BCUT2D eigenvalue weighted by Gasteiger charge is 2.62. The van der Waals surface area contributed by atoms with Gasteiger partial charge in [0.15, 0.2) is 6.10 Å². The number of carbonyl (C=O) groups excluding carboxylic acids is 3. The van der Waals surface area contributed by atoms with Crippen LogP contribution in [0.1, 0.15) is 78.1 Å². The van der Waals surface area contributed by atoms with Gasteiger partial charge in [0, 0.05) is 11.8 Å². The Bertz CT molecular complexity index is 815. The molecule has 6 nitrogen and oxygen atoms in total. The molecule has 0 saturated heterocycles. The first-order valence-corrected chi connectivity index (χ1v) is 13.3. The second-order valence-corrected chi connectivity index (χ2v) is 12.9. The maximum absolute atomic E-state index is 13.1. The van der Waals surface area contributed by atoms with Gasteiger partial charge in [0.2, 0.25) is 0 Å². The van der Waals surface area contributed by atoms with E-state index in [2.05, 4.69) is 13.8 Å². The molecule has 1 N–H and O–H groups in total. The van der Waals surface area contributed by atoms with E-state index in [4.69, 9.17) is 9.47 Å². The lowest BCUT2D eigenvalue weighted by molar-refractivity contribution is -0.232. The highest BCUT2D eigenvalue weighted by Crippen LogP contribution is 2.62. The number of hydrogen-bond acceptors (Lipinski definition) is 6. The van der Waals surface area contributed by atoms with Gasteiger partial charge in [-0.15, -0.1) is 0 Å². The molecule has 3 atom stereocenters. The van der Waals surface area contributed by atoms with E-state index < -0.39 is 23.1 Å². The third-order valence-corrected chi connectivity index (χ3v) is 10.7. The molecule has 0 amide bonds. The molecule has 182 valence electrons. The van der Waals surface area contributed by atoms with E-state index in [9.17, 15) is 19.5 Å². The van der Waals surface area contributed by atoms with Gasteiger partial charge in [0.25, 0.3) is 0 Å². The van der Waals surface area contributed by atoms with Crippen LogP contribution in [0.5, 0.6) is 0 Å². The van der Waals surface area contributed by atoms with Crippen LogP contribution >= 0.6 is 0 Å². The van der Waals surface area contributed by atoms with Gasteiger partial charge in [0.05, 0.1) is 5.41 Å². The zero-order chi connectivity index (χ0) is 23.1. The van der Waals surface area contributed by atoms with Gasteiger partial charge in [-0.05, 0) is 99.7 Å². The predicted octanol–water partition coefficient (Wildman–Crippen LogP) is 3.68. The molecule has 0 heterocycles. The van der Waals surface area contributed by atoms with Crippen LogP contribution in [0.4, 0.5) is 0 Å². The summed E-state index contributed by atoms with van der Waals surface area (Å²) in [6, 6.07) is 0. The van der Waals surface area contributed by atoms with Crippen molar-refractivity contribution in [2.45, 2.75) is 89.8 Å². The summed E-state index contributed by atoms with van der Waals surface area (Å²) in [6.07, 6.45) is 8.06. The predicted molar refractivity (Wildman–Crippen MR) is 119 cm³/mol. The van der Waals surface area contributed by atoms with Crippen molar-refractivity contribution in [1.29, 1.82) is 0 Å². The summed E-state index contributed by atoms with van der Waals surface area (Å²) in [6.45, 7) is 3.91. The van der Waals surface area contributed by atoms with Crippen LogP contribution in [0.2, 0.25) is 0 Å². The Labute approximate surface area is 196 Å². The summed E-state index contributed by atoms with van der Waals surface area (Å²) in [7, 11) is 0. The average molecular weight is 459 g/mol. The molecular weight excluding hydrogens is 420 g/mol. The first kappa shape index (κ1) is 22.1. The molecule has 33 heavy (non-hydrogen) atoms. The standard InChI is InChI=1S/C27H38O6/c1-14(2)27(20-6-15-3-16(8-20)9-21(27)7-15)33-24(30)22(28)13-32-25(31)26-10-17-4-18(11-26)23(29)19(5-17)12-26/h14-22,28H,3-13H2,1-2H3. The summed E-state index contributed by atoms with van der Waals surface area (Å²) < 4.78 is 11.8. The van der Waals surface area contributed by atoms with E-state index in [0.29, 0.717) is 36.4 Å². The van der Waals surface area contributed by atoms with Crippen LogP contribution in [0.25, 0.3) is 0 Å². The Kier molecular flexibility index (Phi) is 5.04. The van der Waals surface area contributed by atoms with Crippen molar-refractivity contribution in [3.8, 4) is 0 Å². The maximum Gasteiger partial charge on any atom is 0.339 e. The van der Waals surface area contributed by atoms with Crippen LogP contribution < -0.4 is 0 Å². The minimum Gasteiger partial charge on any atom is -0.462 e. The minimum atomic E-state index is -1.46. The monoisotopic (exact) mass is 458 g/mol. The molecule has 8 saturated carbocycles. The zero-order valence-electron chi connectivity index (χ0n) is 20.0. The molecule has 8 rings (SSSR count). The van der Waals surface area contributed by atoms with Gasteiger partial charge >= 0.3 is 11.9 Å². The molecule has 0 aromatic rings. The number of ether oxygens (including phenoxy) is 2. The topological polar surface area (TPSA) is 89.9 Å². The third-order valence-electron chi connectivity index (χ3n) is 10.7. The fourth-order valence-corrected chi connectivity index (χ4v) is 9.76. The molecule has 3 unspecified atom stereocenters. The Morgan fingerprint density at radius 3 is 2.03 bits per heavy atom. The van der Waals surface area contributed by atoms with E-state index >= 15 is 0 Å². The fourth-order valence-electron chi connectivity index (χ4n) is 9.76. The smallest absolute Gasteiger partial charge is 0.339 e. The molecule has 0 aromatic carbocycles. The van der Waals surface area contributed by atoms with Gasteiger partial charge in [-0.2, -0.15) is 0 Å². The normalized spacial score (nSPS) is 47.8. The van der Waals surface area contributed by atoms with E-state index in [1.807, 2.05) is 0 Å². The van der Waals surface area contributed by atoms with Crippen molar-refractivity contribution < 1.29 is 29.0 Å². The first-order valence-electron chi connectivity index (χ1n) is 13.3. The third kappa shape index (κ3) is 3.25. The Morgan fingerprint density at radius 1 is 0.909 bits per heavy atom. The number of aliphatic hydroxyl groups is 1. The maximum atomic E-state index is 13.1. The van der Waals surface area contributed by atoms with Crippen molar-refractivity contribution in [1.82, 2.24) is 0 Å². The molecule has 0 spiro atoms. The summed E-state index contributed by atoms with van der Waals surface area (Å²) in [5.41, 5.74) is -1.11. The van der Waals surface area contributed by atoms with Gasteiger partial charge in [0.1, 0.15) is 18.0 Å². The van der Waals surface area contributed by atoms with Crippen molar-refractivity contribution in [3.05, 3.63) is 0 Å². The number of ketones is 1. The van der Waals surface area contributed by atoms with Crippen molar-refractivity contribution in [3.63, 3.8) is 0 Å². The number of aliphatic hydroxyl groups excluding tert-OH is 1. The quantitative estimate of drug-likeness (QED) is 0.611. The van der Waals surface area contributed by atoms with Crippen LogP contribution in [0.3, 0.4) is 0 Å². The molecule has 8 aliphatic carbocycles. The summed E-state index contributed by atoms with van der Waals surface area (Å²) in [5, 5.41) is 10.6. The lowest BCUT2D eigenvalue weighted by atomic mass is 9.47. The van der Waals surface area contributed by atoms with Crippen LogP contribution in [-0.4, -0.2) is 41.1 Å². The number of hydrogen-bond donors (Lipinski definition) is 1. The summed E-state index contributed by atoms with van der Waals surface area (Å²) >= 11 is 0. The zero-order valence-corrected chi connectivity index (χ0v) is 20.0. The van der Waals surface area contributed by atoms with E-state index in [1.54, 1.807) is 0 Å². The first-order chi connectivity index (χ1) is 15.7. The summed E-state index contributed by atoms with van der Waals surface area (Å²) in [4.78, 5) is 38.6. The average Bonchev–Trinajstić information content (AvgIpc) is 2.76. The number of Topliss-reactive ketones (excluding diaryl/α,β-unsaturated/α-hetero) is 1. The fraction of sp³-hybridized carbons (Fsp3) is 0.889. The highest BCUT2D eigenvalue weighted by molar-refractivity contribution is 5.89. The van der Waals surface area contributed by atoms with Gasteiger partial charge in [-0.3, -0.25) is 9.59 Å². The van der Waals surface area contributed by atoms with Crippen molar-refractivity contribution in [2.24, 2.45) is 52.8 Å². The van der Waals surface area contributed by atoms with Gasteiger partial charge in [-0.1, -0.05) is 13.8 Å². The number of esters is 2. The van der Waals surface area contributed by atoms with Crippen molar-refractivity contribution >= 4 is 17.7 Å². The van der Waals surface area contributed by atoms with Gasteiger partial charge < -0.3 is 14.6 Å². The molecule has 0 radical (unpaired) electrons. The molecule has 8 aliphatic rings. The highest BCUT2D eigenvalue weighted by atomic mass is 16.6. The minimum absolute atomic E-state index is 0.0125. The molecule has 0 aromatic heterocycles.